The standard InChI is InChI=1S/C21H18N6O4S/c1-13-4-5-15(27(29)30)11-17(13)18-7-6-16(31-18)10-14(12-22)19(28)23-20-24-25-21(32-20)26-8-2-3-9-26/h4-7,10-11H,2-3,8-9H2,1H3,(H,23,24,28). The molecule has 4 rings (SSSR count). The topological polar surface area (TPSA) is 138 Å². The number of nitrogens with one attached hydrogen (secondary N) is 1. The molecule has 162 valence electrons. The highest BCUT2D eigenvalue weighted by atomic mass is 32.1. The van der Waals surface area contributed by atoms with Crippen molar-refractivity contribution < 1.29 is 14.1 Å². The van der Waals surface area contributed by atoms with Gasteiger partial charge in [0.25, 0.3) is 11.6 Å². The van der Waals surface area contributed by atoms with E-state index in [0.29, 0.717) is 16.5 Å². The molecule has 1 aliphatic rings. The molecule has 0 saturated carbocycles. The molecule has 11 heteroatoms. The van der Waals surface area contributed by atoms with E-state index in [-0.39, 0.29) is 17.0 Å². The minimum atomic E-state index is -0.624. The van der Waals surface area contributed by atoms with E-state index in [4.69, 9.17) is 4.42 Å². The summed E-state index contributed by atoms with van der Waals surface area (Å²) in [4.78, 5) is 25.2. The van der Waals surface area contributed by atoms with Crippen molar-refractivity contribution in [2.24, 2.45) is 0 Å². The highest BCUT2D eigenvalue weighted by molar-refractivity contribution is 7.19. The molecular formula is C21H18N6O4S. The molecule has 3 aromatic rings. The smallest absolute Gasteiger partial charge is 0.270 e. The first-order chi connectivity index (χ1) is 15.4. The summed E-state index contributed by atoms with van der Waals surface area (Å²) >= 11 is 1.26. The molecule has 0 bridgehead atoms. The van der Waals surface area contributed by atoms with Gasteiger partial charge in [0, 0.05) is 36.9 Å². The molecule has 0 radical (unpaired) electrons. The Hall–Kier alpha value is -4.04. The van der Waals surface area contributed by atoms with Crippen LogP contribution in [0.3, 0.4) is 0 Å². The Morgan fingerprint density at radius 1 is 1.31 bits per heavy atom. The lowest BCUT2D eigenvalue weighted by Crippen LogP contribution is -2.17. The van der Waals surface area contributed by atoms with E-state index in [2.05, 4.69) is 20.4 Å². The van der Waals surface area contributed by atoms with E-state index in [9.17, 15) is 20.2 Å². The van der Waals surface area contributed by atoms with Crippen molar-refractivity contribution in [2.45, 2.75) is 19.8 Å². The van der Waals surface area contributed by atoms with Crippen molar-refractivity contribution in [3.8, 4) is 17.4 Å². The lowest BCUT2D eigenvalue weighted by Gasteiger charge is -2.10. The maximum absolute atomic E-state index is 12.5. The van der Waals surface area contributed by atoms with Gasteiger partial charge in [0.1, 0.15) is 23.2 Å². The first kappa shape index (κ1) is 21.2. The number of nitriles is 1. The van der Waals surface area contributed by atoms with Gasteiger partial charge in [-0.3, -0.25) is 20.2 Å². The number of aryl methyl sites for hydroxylation is 1. The van der Waals surface area contributed by atoms with Gasteiger partial charge in [-0.05, 0) is 37.5 Å². The first-order valence-electron chi connectivity index (χ1n) is 9.81. The third kappa shape index (κ3) is 4.50. The predicted octanol–water partition coefficient (Wildman–Crippen LogP) is 4.16. The molecule has 1 saturated heterocycles. The zero-order valence-electron chi connectivity index (χ0n) is 17.1. The van der Waals surface area contributed by atoms with Crippen LogP contribution in [0.1, 0.15) is 24.2 Å². The van der Waals surface area contributed by atoms with E-state index < -0.39 is 10.8 Å². The number of nitrogens with zero attached hydrogens (tertiary/aromatic N) is 5. The summed E-state index contributed by atoms with van der Waals surface area (Å²) in [6, 6.07) is 9.57. The maximum Gasteiger partial charge on any atom is 0.270 e. The second kappa shape index (κ2) is 8.99. The van der Waals surface area contributed by atoms with E-state index in [1.807, 2.05) is 13.0 Å². The lowest BCUT2D eigenvalue weighted by molar-refractivity contribution is -0.384. The number of non-ortho nitro benzene ring substituents is 1. The number of amides is 1. The summed E-state index contributed by atoms with van der Waals surface area (Å²) in [5.74, 6) is 0.0447. The second-order valence-electron chi connectivity index (χ2n) is 7.17. The Morgan fingerprint density at radius 3 is 2.81 bits per heavy atom. The number of benzene rings is 1. The maximum atomic E-state index is 12.5. The summed E-state index contributed by atoms with van der Waals surface area (Å²) in [7, 11) is 0. The average molecular weight is 450 g/mol. The number of anilines is 2. The first-order valence-corrected chi connectivity index (χ1v) is 10.6. The number of nitro groups is 1. The zero-order chi connectivity index (χ0) is 22.7. The fourth-order valence-corrected chi connectivity index (χ4v) is 4.11. The van der Waals surface area contributed by atoms with Crippen LogP contribution in [0.25, 0.3) is 17.4 Å². The Balaban J connectivity index is 1.51. The quantitative estimate of drug-likeness (QED) is 0.256. The van der Waals surface area contributed by atoms with Crippen LogP contribution in [0.2, 0.25) is 0 Å². The molecule has 1 aliphatic heterocycles. The van der Waals surface area contributed by atoms with Crippen LogP contribution in [0.4, 0.5) is 16.0 Å². The van der Waals surface area contributed by atoms with Crippen LogP contribution < -0.4 is 10.2 Å². The summed E-state index contributed by atoms with van der Waals surface area (Å²) in [5, 5.41) is 32.2. The number of rotatable bonds is 6. The Kier molecular flexibility index (Phi) is 5.96. The van der Waals surface area contributed by atoms with Gasteiger partial charge in [-0.2, -0.15) is 5.26 Å². The van der Waals surface area contributed by atoms with Crippen molar-refractivity contribution >= 4 is 39.3 Å². The van der Waals surface area contributed by atoms with Gasteiger partial charge in [-0.25, -0.2) is 0 Å². The van der Waals surface area contributed by atoms with Gasteiger partial charge < -0.3 is 9.32 Å². The molecule has 3 heterocycles. The van der Waals surface area contributed by atoms with Crippen LogP contribution in [0.15, 0.2) is 40.3 Å². The van der Waals surface area contributed by atoms with Crippen molar-refractivity contribution in [3.05, 3.63) is 57.3 Å². The monoisotopic (exact) mass is 450 g/mol. The summed E-state index contributed by atoms with van der Waals surface area (Å²) in [5.41, 5.74) is 1.13. The SMILES string of the molecule is Cc1ccc([N+](=O)[O-])cc1-c1ccc(C=C(C#N)C(=O)Nc2nnc(N3CCCC3)s2)o1. The zero-order valence-corrected chi connectivity index (χ0v) is 17.9. The van der Waals surface area contributed by atoms with Crippen LogP contribution in [0.5, 0.6) is 0 Å². The van der Waals surface area contributed by atoms with Gasteiger partial charge in [0.15, 0.2) is 0 Å². The Labute approximate surface area is 186 Å². The molecule has 1 aromatic carbocycles. The molecule has 1 fully saturated rings. The molecule has 1 N–H and O–H groups in total. The summed E-state index contributed by atoms with van der Waals surface area (Å²) in [6.45, 7) is 3.64. The van der Waals surface area contributed by atoms with Crippen LogP contribution in [-0.2, 0) is 4.79 Å². The molecule has 0 spiro atoms. The number of furan rings is 1. The number of hydrogen-bond acceptors (Lipinski definition) is 9. The van der Waals surface area contributed by atoms with Crippen molar-refractivity contribution in [1.29, 1.82) is 5.26 Å². The number of carbonyl (C=O) groups excluding carboxylic acids is 1. The highest BCUT2D eigenvalue weighted by Crippen LogP contribution is 2.30. The Morgan fingerprint density at radius 2 is 2.09 bits per heavy atom. The van der Waals surface area contributed by atoms with Gasteiger partial charge in [-0.15, -0.1) is 10.2 Å². The third-order valence-corrected chi connectivity index (χ3v) is 5.89. The molecule has 32 heavy (non-hydrogen) atoms. The molecule has 10 nitrogen and oxygen atoms in total. The molecule has 0 unspecified atom stereocenters. The van der Waals surface area contributed by atoms with Gasteiger partial charge in [0.05, 0.1) is 4.92 Å². The minimum Gasteiger partial charge on any atom is -0.457 e. The molecule has 0 atom stereocenters. The molecule has 2 aromatic heterocycles. The van der Waals surface area contributed by atoms with Crippen molar-refractivity contribution in [2.75, 3.05) is 23.3 Å². The number of hydrogen-bond donors (Lipinski definition) is 1. The van der Waals surface area contributed by atoms with E-state index in [1.54, 1.807) is 18.2 Å². The fourth-order valence-electron chi connectivity index (χ4n) is 3.32. The fraction of sp³-hybridized carbons (Fsp3) is 0.238. The van der Waals surface area contributed by atoms with Crippen LogP contribution in [0, 0.1) is 28.4 Å². The predicted molar refractivity (Wildman–Crippen MR) is 119 cm³/mol. The largest absolute Gasteiger partial charge is 0.457 e. The van der Waals surface area contributed by atoms with Crippen molar-refractivity contribution in [3.63, 3.8) is 0 Å². The molecular weight excluding hydrogens is 432 g/mol. The number of carbonyl (C=O) groups is 1. The van der Waals surface area contributed by atoms with Gasteiger partial charge in [-0.1, -0.05) is 17.4 Å². The van der Waals surface area contributed by atoms with E-state index >= 15 is 0 Å². The summed E-state index contributed by atoms with van der Waals surface area (Å²) in [6.07, 6.45) is 3.51. The van der Waals surface area contributed by atoms with Crippen molar-refractivity contribution in [1.82, 2.24) is 10.2 Å². The van der Waals surface area contributed by atoms with Gasteiger partial charge >= 0.3 is 0 Å². The van der Waals surface area contributed by atoms with Crippen LogP contribution in [-0.4, -0.2) is 34.1 Å². The average Bonchev–Trinajstić information content (AvgIpc) is 3.53. The second-order valence-corrected chi connectivity index (χ2v) is 8.12. The lowest BCUT2D eigenvalue weighted by atomic mass is 10.1. The van der Waals surface area contributed by atoms with E-state index in [0.717, 1.165) is 36.6 Å². The summed E-state index contributed by atoms with van der Waals surface area (Å²) < 4.78 is 5.73. The Bertz CT molecular complexity index is 1250. The highest BCUT2D eigenvalue weighted by Gasteiger charge is 2.19. The van der Waals surface area contributed by atoms with Crippen LogP contribution >= 0.6 is 11.3 Å². The van der Waals surface area contributed by atoms with E-state index in [1.165, 1.54) is 29.5 Å². The molecule has 1 amide bonds. The van der Waals surface area contributed by atoms with Gasteiger partial charge in [0.2, 0.25) is 10.3 Å². The normalized spacial score (nSPS) is 13.8. The number of aromatic nitrogens is 2. The minimum absolute atomic E-state index is 0.0541. The number of nitro benzene ring substituents is 1. The third-order valence-electron chi connectivity index (χ3n) is 4.99. The molecule has 0 aliphatic carbocycles.